The molecule has 2 aliphatic rings. The quantitative estimate of drug-likeness (QED) is 0.831. The van der Waals surface area contributed by atoms with Crippen LogP contribution in [-0.4, -0.2) is 44.4 Å². The number of nitrogens with one attached hydrogen (secondary N) is 1. The van der Waals surface area contributed by atoms with E-state index in [1.54, 1.807) is 6.07 Å². The highest BCUT2D eigenvalue weighted by Gasteiger charge is 2.36. The zero-order valence-corrected chi connectivity index (χ0v) is 11.6. The van der Waals surface area contributed by atoms with Crippen molar-refractivity contribution in [2.75, 3.05) is 44.3 Å². The molecule has 1 spiro atoms. The first kappa shape index (κ1) is 13.3. The Morgan fingerprint density at radius 1 is 1.45 bits per heavy atom. The number of nitriles is 1. The third-order valence-corrected chi connectivity index (χ3v) is 4.17. The van der Waals surface area contributed by atoms with Gasteiger partial charge < -0.3 is 15.0 Å². The Kier molecular flexibility index (Phi) is 3.86. The molecule has 2 saturated heterocycles. The fourth-order valence-corrected chi connectivity index (χ4v) is 3.14. The zero-order valence-electron chi connectivity index (χ0n) is 11.6. The van der Waals surface area contributed by atoms with Crippen LogP contribution in [0.1, 0.15) is 18.5 Å². The van der Waals surface area contributed by atoms with Gasteiger partial charge in [-0.3, -0.25) is 0 Å². The topological polar surface area (TPSA) is 61.2 Å². The van der Waals surface area contributed by atoms with E-state index in [0.29, 0.717) is 5.69 Å². The molecule has 2 fully saturated rings. The lowest BCUT2D eigenvalue weighted by molar-refractivity contribution is 0.0536. The van der Waals surface area contributed by atoms with E-state index in [4.69, 9.17) is 10.00 Å². The lowest BCUT2D eigenvalue weighted by Crippen LogP contribution is -2.49. The number of piperidine rings is 1. The molecular weight excluding hydrogens is 252 g/mol. The van der Waals surface area contributed by atoms with Crippen molar-refractivity contribution in [2.45, 2.75) is 12.8 Å². The lowest BCUT2D eigenvalue weighted by Gasteiger charge is -2.39. The molecule has 3 rings (SSSR count). The first-order chi connectivity index (χ1) is 9.81. The number of rotatable bonds is 1. The summed E-state index contributed by atoms with van der Waals surface area (Å²) in [5, 5.41) is 12.5. The lowest BCUT2D eigenvalue weighted by atomic mass is 9.81. The second-order valence-corrected chi connectivity index (χ2v) is 5.75. The minimum Gasteiger partial charge on any atom is -0.379 e. The molecular formula is C15H20N4O. The smallest absolute Gasteiger partial charge is 0.142 e. The summed E-state index contributed by atoms with van der Waals surface area (Å²) >= 11 is 0. The Hall–Kier alpha value is -1.64. The van der Waals surface area contributed by atoms with Crippen molar-refractivity contribution in [3.8, 4) is 6.07 Å². The third-order valence-electron chi connectivity index (χ3n) is 4.17. The SMILES string of the molecule is N#Cc1cccc(N2CCOC[C@@]3(CCCNC3)C2)n1. The monoisotopic (exact) mass is 272 g/mol. The number of nitrogens with zero attached hydrogens (tertiary/aromatic N) is 3. The van der Waals surface area contributed by atoms with E-state index >= 15 is 0 Å². The van der Waals surface area contributed by atoms with Crippen LogP contribution in [0.15, 0.2) is 18.2 Å². The van der Waals surface area contributed by atoms with Gasteiger partial charge in [-0.25, -0.2) is 4.98 Å². The molecule has 1 aromatic rings. The van der Waals surface area contributed by atoms with Crippen molar-refractivity contribution in [3.05, 3.63) is 23.9 Å². The van der Waals surface area contributed by atoms with Crippen LogP contribution in [0.3, 0.4) is 0 Å². The number of anilines is 1. The van der Waals surface area contributed by atoms with Gasteiger partial charge in [-0.05, 0) is 31.5 Å². The second-order valence-electron chi connectivity index (χ2n) is 5.75. The summed E-state index contributed by atoms with van der Waals surface area (Å²) in [5.41, 5.74) is 0.655. The standard InChI is InChI=1S/C15H20N4O/c16-9-13-3-1-4-14(18-13)19-7-8-20-12-15(11-19)5-2-6-17-10-15/h1,3-4,17H,2,5-8,10-12H2/t15-/m1/s1. The summed E-state index contributed by atoms with van der Waals surface area (Å²) in [6, 6.07) is 7.74. The van der Waals surface area contributed by atoms with Gasteiger partial charge in [0, 0.05) is 25.0 Å². The predicted octanol–water partition coefficient (Wildman–Crippen LogP) is 1.16. The van der Waals surface area contributed by atoms with Crippen molar-refractivity contribution in [1.29, 1.82) is 5.26 Å². The van der Waals surface area contributed by atoms with Crippen LogP contribution in [0, 0.1) is 16.7 Å². The summed E-state index contributed by atoms with van der Waals surface area (Å²) < 4.78 is 5.82. The van der Waals surface area contributed by atoms with Crippen LogP contribution in [-0.2, 0) is 4.74 Å². The van der Waals surface area contributed by atoms with Crippen molar-refractivity contribution >= 4 is 5.82 Å². The Bertz CT molecular complexity index is 505. The molecule has 3 heterocycles. The number of hydrogen-bond donors (Lipinski definition) is 1. The van der Waals surface area contributed by atoms with Crippen molar-refractivity contribution in [3.63, 3.8) is 0 Å². The Labute approximate surface area is 119 Å². The zero-order chi connectivity index (χ0) is 13.8. The Morgan fingerprint density at radius 3 is 3.20 bits per heavy atom. The van der Waals surface area contributed by atoms with Crippen LogP contribution in [0.4, 0.5) is 5.82 Å². The molecule has 5 heteroatoms. The van der Waals surface area contributed by atoms with Gasteiger partial charge in [0.2, 0.25) is 0 Å². The van der Waals surface area contributed by atoms with Gasteiger partial charge in [0.05, 0.1) is 13.2 Å². The van der Waals surface area contributed by atoms with Crippen LogP contribution >= 0.6 is 0 Å². The molecule has 1 aromatic heterocycles. The van der Waals surface area contributed by atoms with Gasteiger partial charge in [-0.2, -0.15) is 5.26 Å². The van der Waals surface area contributed by atoms with Crippen LogP contribution < -0.4 is 10.2 Å². The molecule has 0 unspecified atom stereocenters. The molecule has 5 nitrogen and oxygen atoms in total. The van der Waals surface area contributed by atoms with Gasteiger partial charge in [-0.15, -0.1) is 0 Å². The number of hydrogen-bond acceptors (Lipinski definition) is 5. The number of pyridine rings is 1. The van der Waals surface area contributed by atoms with Crippen LogP contribution in [0.2, 0.25) is 0 Å². The summed E-state index contributed by atoms with van der Waals surface area (Å²) in [6.07, 6.45) is 2.39. The van der Waals surface area contributed by atoms with Gasteiger partial charge in [-0.1, -0.05) is 6.07 Å². The molecule has 0 aromatic carbocycles. The molecule has 1 N–H and O–H groups in total. The first-order valence-electron chi connectivity index (χ1n) is 7.22. The third kappa shape index (κ3) is 2.77. The average Bonchev–Trinajstić information content (AvgIpc) is 2.71. The average molecular weight is 272 g/mol. The molecule has 0 radical (unpaired) electrons. The summed E-state index contributed by atoms with van der Waals surface area (Å²) in [4.78, 5) is 6.69. The van der Waals surface area contributed by atoms with Crippen LogP contribution in [0.25, 0.3) is 0 Å². The molecule has 0 aliphatic carbocycles. The van der Waals surface area contributed by atoms with Gasteiger partial charge in [0.1, 0.15) is 17.6 Å². The van der Waals surface area contributed by atoms with E-state index in [-0.39, 0.29) is 5.41 Å². The summed E-state index contributed by atoms with van der Waals surface area (Å²) in [5.74, 6) is 0.888. The van der Waals surface area contributed by atoms with E-state index in [0.717, 1.165) is 45.2 Å². The predicted molar refractivity (Wildman–Crippen MR) is 76.5 cm³/mol. The normalized spacial score (nSPS) is 27.1. The van der Waals surface area contributed by atoms with E-state index in [1.165, 1.54) is 12.8 Å². The maximum atomic E-state index is 8.99. The fourth-order valence-electron chi connectivity index (χ4n) is 3.14. The van der Waals surface area contributed by atoms with Gasteiger partial charge >= 0.3 is 0 Å². The molecule has 0 amide bonds. The molecule has 106 valence electrons. The van der Waals surface area contributed by atoms with Crippen molar-refractivity contribution in [1.82, 2.24) is 10.3 Å². The van der Waals surface area contributed by atoms with E-state index in [2.05, 4.69) is 21.3 Å². The highest BCUT2D eigenvalue weighted by Crippen LogP contribution is 2.31. The van der Waals surface area contributed by atoms with Crippen LogP contribution in [0.5, 0.6) is 0 Å². The number of aromatic nitrogens is 1. The van der Waals surface area contributed by atoms with Gasteiger partial charge in [0.15, 0.2) is 0 Å². The van der Waals surface area contributed by atoms with Crippen molar-refractivity contribution in [2.24, 2.45) is 5.41 Å². The largest absolute Gasteiger partial charge is 0.379 e. The maximum Gasteiger partial charge on any atom is 0.142 e. The minimum atomic E-state index is 0.180. The minimum absolute atomic E-state index is 0.180. The van der Waals surface area contributed by atoms with E-state index in [9.17, 15) is 0 Å². The maximum absolute atomic E-state index is 8.99. The Balaban J connectivity index is 1.82. The molecule has 20 heavy (non-hydrogen) atoms. The summed E-state index contributed by atoms with van der Waals surface area (Å²) in [7, 11) is 0. The van der Waals surface area contributed by atoms with Crippen molar-refractivity contribution < 1.29 is 4.74 Å². The first-order valence-corrected chi connectivity index (χ1v) is 7.22. The van der Waals surface area contributed by atoms with E-state index < -0.39 is 0 Å². The molecule has 2 aliphatic heterocycles. The molecule has 0 bridgehead atoms. The Morgan fingerprint density at radius 2 is 2.40 bits per heavy atom. The molecule has 0 saturated carbocycles. The summed E-state index contributed by atoms with van der Waals surface area (Å²) in [6.45, 7) is 5.42. The second kappa shape index (κ2) is 5.78. The fraction of sp³-hybridized carbons (Fsp3) is 0.600. The highest BCUT2D eigenvalue weighted by atomic mass is 16.5. The molecule has 1 atom stereocenters. The van der Waals surface area contributed by atoms with Gasteiger partial charge in [0.25, 0.3) is 0 Å². The number of ether oxygens (including phenoxy) is 1. The van der Waals surface area contributed by atoms with E-state index in [1.807, 2.05) is 12.1 Å². The highest BCUT2D eigenvalue weighted by molar-refractivity contribution is 5.42.